The van der Waals surface area contributed by atoms with E-state index in [-0.39, 0.29) is 24.0 Å². The smallest absolute Gasteiger partial charge is 0.383 e. The summed E-state index contributed by atoms with van der Waals surface area (Å²) in [5, 5.41) is 3.69. The van der Waals surface area contributed by atoms with Crippen molar-refractivity contribution in [3.05, 3.63) is 52.0 Å². The molecule has 3 aromatic heterocycles. The molecule has 26 heavy (non-hydrogen) atoms. The number of carbonyl (C=O) groups excluding carboxylic acids is 1. The van der Waals surface area contributed by atoms with Crippen molar-refractivity contribution < 1.29 is 14.1 Å². The summed E-state index contributed by atoms with van der Waals surface area (Å²) in [6, 6.07) is 3.45. The fourth-order valence-corrected chi connectivity index (χ4v) is 2.82. The third-order valence-electron chi connectivity index (χ3n) is 4.15. The second kappa shape index (κ2) is 7.44. The Labute approximate surface area is 149 Å². The van der Waals surface area contributed by atoms with E-state index < -0.39 is 5.76 Å². The number of Topliss-reactive ketones (excluding diaryl/α,β-unsaturated/α-hetero) is 1. The number of hydrogen-bond donors (Lipinski definition) is 0. The van der Waals surface area contributed by atoms with Gasteiger partial charge in [-0.3, -0.25) is 9.32 Å². The summed E-state index contributed by atoms with van der Waals surface area (Å²) in [4.78, 5) is 32.9. The molecule has 0 atom stereocenters. The minimum Gasteiger partial charge on any atom is -0.383 e. The van der Waals surface area contributed by atoms with Crippen LogP contribution >= 0.6 is 0 Å². The molecule has 0 saturated carbocycles. The van der Waals surface area contributed by atoms with Crippen molar-refractivity contribution in [1.82, 2.24) is 24.3 Å². The number of ether oxygens (including phenoxy) is 1. The molecular weight excluding hydrogens is 338 g/mol. The summed E-state index contributed by atoms with van der Waals surface area (Å²) in [6.07, 6.45) is 3.05. The molecule has 0 spiro atoms. The third kappa shape index (κ3) is 3.33. The van der Waals surface area contributed by atoms with Gasteiger partial charge in [0.15, 0.2) is 11.6 Å². The summed E-state index contributed by atoms with van der Waals surface area (Å²) < 4.78 is 13.0. The highest BCUT2D eigenvalue weighted by atomic mass is 16.5. The quantitative estimate of drug-likeness (QED) is 0.586. The third-order valence-corrected chi connectivity index (χ3v) is 4.15. The normalized spacial score (nSPS) is 11.0. The SMILES string of the molecule is COCCn1c(C)cc(C(=O)Cn2c(-c3ncccn3)noc2=O)c1C. The molecule has 136 valence electrons. The Balaban J connectivity index is 1.90. The molecule has 0 N–H and O–H groups in total. The van der Waals surface area contributed by atoms with Gasteiger partial charge in [-0.15, -0.1) is 0 Å². The number of aromatic nitrogens is 5. The van der Waals surface area contributed by atoms with E-state index in [0.29, 0.717) is 18.7 Å². The highest BCUT2D eigenvalue weighted by Gasteiger charge is 2.21. The maximum absolute atomic E-state index is 12.8. The predicted octanol–water partition coefficient (Wildman–Crippen LogP) is 1.24. The first kappa shape index (κ1) is 17.7. The van der Waals surface area contributed by atoms with Crippen LogP contribution in [0, 0.1) is 13.8 Å². The summed E-state index contributed by atoms with van der Waals surface area (Å²) in [6.45, 7) is 4.79. The van der Waals surface area contributed by atoms with E-state index in [1.165, 1.54) is 12.4 Å². The Bertz CT molecular complexity index is 971. The van der Waals surface area contributed by atoms with Crippen LogP contribution in [0.2, 0.25) is 0 Å². The van der Waals surface area contributed by atoms with E-state index in [2.05, 4.69) is 15.1 Å². The maximum atomic E-state index is 12.8. The van der Waals surface area contributed by atoms with E-state index in [4.69, 9.17) is 9.26 Å². The number of nitrogens with zero attached hydrogens (tertiary/aromatic N) is 5. The van der Waals surface area contributed by atoms with Crippen molar-refractivity contribution in [1.29, 1.82) is 0 Å². The first-order chi connectivity index (χ1) is 12.5. The number of carbonyl (C=O) groups is 1. The molecule has 3 rings (SSSR count). The molecule has 3 heterocycles. The van der Waals surface area contributed by atoms with Gasteiger partial charge >= 0.3 is 5.76 Å². The summed E-state index contributed by atoms with van der Waals surface area (Å²) in [7, 11) is 1.63. The van der Waals surface area contributed by atoms with Gasteiger partial charge in [0.05, 0.1) is 13.2 Å². The first-order valence-corrected chi connectivity index (χ1v) is 8.05. The lowest BCUT2D eigenvalue weighted by atomic mass is 10.1. The zero-order valence-electron chi connectivity index (χ0n) is 14.8. The molecule has 0 aliphatic carbocycles. The second-order valence-electron chi connectivity index (χ2n) is 5.78. The van der Waals surface area contributed by atoms with Crippen molar-refractivity contribution >= 4 is 5.78 Å². The molecule has 0 aliphatic heterocycles. The Kier molecular flexibility index (Phi) is 5.08. The zero-order valence-corrected chi connectivity index (χ0v) is 14.8. The fraction of sp³-hybridized carbons (Fsp3) is 0.353. The van der Waals surface area contributed by atoms with Crippen LogP contribution in [0.4, 0.5) is 0 Å². The average molecular weight is 357 g/mol. The van der Waals surface area contributed by atoms with Crippen molar-refractivity contribution in [3.63, 3.8) is 0 Å². The number of methoxy groups -OCH3 is 1. The van der Waals surface area contributed by atoms with Crippen LogP contribution in [0.5, 0.6) is 0 Å². The van der Waals surface area contributed by atoms with Gasteiger partial charge in [-0.1, -0.05) is 5.16 Å². The van der Waals surface area contributed by atoms with Crippen molar-refractivity contribution in [2.75, 3.05) is 13.7 Å². The van der Waals surface area contributed by atoms with Crippen LogP contribution < -0.4 is 5.76 Å². The second-order valence-corrected chi connectivity index (χ2v) is 5.78. The highest BCUT2D eigenvalue weighted by molar-refractivity contribution is 5.97. The maximum Gasteiger partial charge on any atom is 0.442 e. The van der Waals surface area contributed by atoms with Crippen LogP contribution in [0.25, 0.3) is 11.6 Å². The molecule has 0 aromatic carbocycles. The van der Waals surface area contributed by atoms with Crippen LogP contribution in [0.3, 0.4) is 0 Å². The van der Waals surface area contributed by atoms with Crippen LogP contribution in [-0.4, -0.2) is 43.8 Å². The van der Waals surface area contributed by atoms with Crippen LogP contribution in [-0.2, 0) is 17.8 Å². The lowest BCUT2D eigenvalue weighted by molar-refractivity contribution is 0.0969. The molecule has 3 aromatic rings. The molecule has 0 unspecified atom stereocenters. The van der Waals surface area contributed by atoms with Gasteiger partial charge in [0.2, 0.25) is 5.82 Å². The summed E-state index contributed by atoms with van der Waals surface area (Å²) in [5.41, 5.74) is 2.32. The van der Waals surface area contributed by atoms with Gasteiger partial charge < -0.3 is 9.30 Å². The largest absolute Gasteiger partial charge is 0.442 e. The Morgan fingerprint density at radius 2 is 1.96 bits per heavy atom. The monoisotopic (exact) mass is 357 g/mol. The topological polar surface area (TPSA) is 105 Å². The number of ketones is 1. The molecule has 0 bridgehead atoms. The van der Waals surface area contributed by atoms with Crippen molar-refractivity contribution in [3.8, 4) is 11.6 Å². The molecule has 0 amide bonds. The molecular formula is C17H19N5O4. The standard InChI is InChI=1S/C17H19N5O4/c1-11-9-13(12(2)21(11)7-8-25-3)14(23)10-22-16(20-26-17(22)24)15-18-5-4-6-19-15/h4-6,9H,7-8,10H2,1-3H3. The van der Waals surface area contributed by atoms with Gasteiger partial charge in [0.25, 0.3) is 0 Å². The summed E-state index contributed by atoms with van der Waals surface area (Å²) >= 11 is 0. The minimum absolute atomic E-state index is 0.122. The molecule has 9 heteroatoms. The molecule has 0 radical (unpaired) electrons. The van der Waals surface area contributed by atoms with E-state index in [0.717, 1.165) is 16.0 Å². The van der Waals surface area contributed by atoms with Crippen molar-refractivity contribution in [2.24, 2.45) is 0 Å². The van der Waals surface area contributed by atoms with Gasteiger partial charge in [0.1, 0.15) is 0 Å². The summed E-state index contributed by atoms with van der Waals surface area (Å²) in [5.74, 6) is -0.605. The van der Waals surface area contributed by atoms with Crippen molar-refractivity contribution in [2.45, 2.75) is 26.9 Å². The van der Waals surface area contributed by atoms with Crippen LogP contribution in [0.15, 0.2) is 33.8 Å². The Morgan fingerprint density at radius 3 is 2.65 bits per heavy atom. The minimum atomic E-state index is -0.728. The lowest BCUT2D eigenvalue weighted by Gasteiger charge is -2.09. The van der Waals surface area contributed by atoms with Gasteiger partial charge in [-0.2, -0.15) is 0 Å². The molecule has 0 fully saturated rings. The Hall–Kier alpha value is -3.07. The van der Waals surface area contributed by atoms with Crippen LogP contribution in [0.1, 0.15) is 21.7 Å². The average Bonchev–Trinajstić information content (AvgIpc) is 3.14. The lowest BCUT2D eigenvalue weighted by Crippen LogP contribution is -2.22. The zero-order chi connectivity index (χ0) is 18.7. The Morgan fingerprint density at radius 1 is 1.23 bits per heavy atom. The van der Waals surface area contributed by atoms with Gasteiger partial charge in [-0.05, 0) is 26.0 Å². The van der Waals surface area contributed by atoms with E-state index in [1.807, 2.05) is 24.5 Å². The molecule has 0 saturated heterocycles. The molecule has 9 nitrogen and oxygen atoms in total. The van der Waals surface area contributed by atoms with Gasteiger partial charge in [0, 0.05) is 43.0 Å². The predicted molar refractivity (Wildman–Crippen MR) is 91.9 cm³/mol. The number of rotatable bonds is 7. The molecule has 0 aliphatic rings. The van der Waals surface area contributed by atoms with E-state index >= 15 is 0 Å². The number of hydrogen-bond acceptors (Lipinski definition) is 7. The van der Waals surface area contributed by atoms with Gasteiger partial charge in [-0.25, -0.2) is 19.3 Å². The van der Waals surface area contributed by atoms with E-state index in [1.54, 1.807) is 13.2 Å². The fourth-order valence-electron chi connectivity index (χ4n) is 2.82. The van der Waals surface area contributed by atoms with E-state index in [9.17, 15) is 9.59 Å². The highest BCUT2D eigenvalue weighted by Crippen LogP contribution is 2.17. The number of aryl methyl sites for hydroxylation is 1. The first-order valence-electron chi connectivity index (χ1n) is 8.05.